The standard InChI is InChI=1S/C17H19N3O/c1-12(18)17(14-8-4-6-10-16(14)21-2)20-15-9-5-3-7-13(15)11-19-20/h3-12,17H,18H2,1-2H3. The first-order chi connectivity index (χ1) is 10.2. The number of aromatic nitrogens is 2. The fourth-order valence-electron chi connectivity index (χ4n) is 2.76. The third-order valence-electron chi connectivity index (χ3n) is 3.72. The molecule has 3 rings (SSSR count). The topological polar surface area (TPSA) is 53.1 Å². The average Bonchev–Trinajstić information content (AvgIpc) is 2.92. The molecule has 2 unspecified atom stereocenters. The molecule has 0 aliphatic carbocycles. The van der Waals surface area contributed by atoms with Crippen molar-refractivity contribution < 1.29 is 4.74 Å². The van der Waals surface area contributed by atoms with Crippen LogP contribution in [0.5, 0.6) is 5.75 Å². The number of benzene rings is 2. The Kier molecular flexibility index (Phi) is 3.62. The van der Waals surface area contributed by atoms with Crippen LogP contribution >= 0.6 is 0 Å². The summed E-state index contributed by atoms with van der Waals surface area (Å²) in [6.45, 7) is 1.99. The van der Waals surface area contributed by atoms with Gasteiger partial charge < -0.3 is 10.5 Å². The van der Waals surface area contributed by atoms with Gasteiger partial charge in [0.1, 0.15) is 5.75 Å². The van der Waals surface area contributed by atoms with E-state index in [0.29, 0.717) is 0 Å². The van der Waals surface area contributed by atoms with E-state index in [1.807, 2.05) is 54.2 Å². The Bertz CT molecular complexity index is 748. The maximum atomic E-state index is 6.26. The lowest BCUT2D eigenvalue weighted by atomic mass is 10.00. The van der Waals surface area contributed by atoms with Gasteiger partial charge in [0.2, 0.25) is 0 Å². The second kappa shape index (κ2) is 5.58. The summed E-state index contributed by atoms with van der Waals surface area (Å²) in [5.74, 6) is 0.833. The Morgan fingerprint density at radius 3 is 2.57 bits per heavy atom. The Hall–Kier alpha value is -2.33. The third-order valence-corrected chi connectivity index (χ3v) is 3.72. The summed E-state index contributed by atoms with van der Waals surface area (Å²) in [6.07, 6.45) is 1.88. The predicted molar refractivity (Wildman–Crippen MR) is 84.5 cm³/mol. The van der Waals surface area contributed by atoms with Crippen LogP contribution in [0.1, 0.15) is 18.5 Å². The fourth-order valence-corrected chi connectivity index (χ4v) is 2.76. The van der Waals surface area contributed by atoms with Crippen molar-refractivity contribution in [1.82, 2.24) is 9.78 Å². The van der Waals surface area contributed by atoms with Gasteiger partial charge in [-0.05, 0) is 19.1 Å². The monoisotopic (exact) mass is 281 g/mol. The highest BCUT2D eigenvalue weighted by atomic mass is 16.5. The van der Waals surface area contributed by atoms with E-state index in [1.165, 1.54) is 0 Å². The van der Waals surface area contributed by atoms with Crippen molar-refractivity contribution in [2.24, 2.45) is 5.73 Å². The molecule has 0 radical (unpaired) electrons. The van der Waals surface area contributed by atoms with E-state index >= 15 is 0 Å². The van der Waals surface area contributed by atoms with Crippen molar-refractivity contribution in [1.29, 1.82) is 0 Å². The number of nitrogens with two attached hydrogens (primary N) is 1. The van der Waals surface area contributed by atoms with Gasteiger partial charge in [-0.15, -0.1) is 0 Å². The molecule has 2 aromatic carbocycles. The van der Waals surface area contributed by atoms with Gasteiger partial charge in [-0.3, -0.25) is 4.68 Å². The fraction of sp³-hybridized carbons (Fsp3) is 0.235. The molecule has 4 nitrogen and oxygen atoms in total. The number of para-hydroxylation sites is 2. The lowest BCUT2D eigenvalue weighted by Gasteiger charge is -2.24. The van der Waals surface area contributed by atoms with Gasteiger partial charge in [-0.25, -0.2) is 0 Å². The Labute approximate surface area is 124 Å². The molecule has 4 heteroatoms. The molecule has 21 heavy (non-hydrogen) atoms. The van der Waals surface area contributed by atoms with E-state index in [0.717, 1.165) is 22.2 Å². The van der Waals surface area contributed by atoms with Crippen molar-refractivity contribution >= 4 is 10.9 Å². The minimum atomic E-state index is -0.0930. The quantitative estimate of drug-likeness (QED) is 0.800. The Balaban J connectivity index is 2.19. The molecule has 3 aromatic rings. The molecule has 108 valence electrons. The number of hydrogen-bond donors (Lipinski definition) is 1. The summed E-state index contributed by atoms with van der Waals surface area (Å²) < 4.78 is 7.47. The first kappa shape index (κ1) is 13.6. The molecular formula is C17H19N3O. The van der Waals surface area contributed by atoms with Gasteiger partial charge in [0.05, 0.1) is 24.9 Å². The summed E-state index contributed by atoms with van der Waals surface area (Å²) in [5, 5.41) is 5.66. The molecule has 2 atom stereocenters. The van der Waals surface area contributed by atoms with Crippen LogP contribution in [-0.2, 0) is 0 Å². The summed E-state index contributed by atoms with van der Waals surface area (Å²) >= 11 is 0. The molecule has 0 bridgehead atoms. The molecule has 0 amide bonds. The molecule has 0 saturated heterocycles. The van der Waals surface area contributed by atoms with E-state index in [4.69, 9.17) is 10.5 Å². The lowest BCUT2D eigenvalue weighted by molar-refractivity contribution is 0.388. The van der Waals surface area contributed by atoms with Crippen LogP contribution in [-0.4, -0.2) is 22.9 Å². The highest BCUT2D eigenvalue weighted by Gasteiger charge is 2.23. The lowest BCUT2D eigenvalue weighted by Crippen LogP contribution is -2.31. The minimum Gasteiger partial charge on any atom is -0.496 e. The average molecular weight is 281 g/mol. The maximum absolute atomic E-state index is 6.26. The van der Waals surface area contributed by atoms with Crippen LogP contribution in [0, 0.1) is 0 Å². The summed E-state index contributed by atoms with van der Waals surface area (Å²) in [4.78, 5) is 0. The zero-order valence-electron chi connectivity index (χ0n) is 12.2. The molecule has 0 spiro atoms. The number of nitrogens with zero attached hydrogens (tertiary/aromatic N) is 2. The van der Waals surface area contributed by atoms with E-state index in [1.54, 1.807) is 7.11 Å². The molecule has 2 N–H and O–H groups in total. The number of rotatable bonds is 4. The second-order valence-electron chi connectivity index (χ2n) is 5.19. The van der Waals surface area contributed by atoms with Crippen LogP contribution < -0.4 is 10.5 Å². The largest absolute Gasteiger partial charge is 0.496 e. The normalized spacial score (nSPS) is 14.0. The van der Waals surface area contributed by atoms with Crippen molar-refractivity contribution in [2.75, 3.05) is 7.11 Å². The summed E-state index contributed by atoms with van der Waals surface area (Å²) in [7, 11) is 1.68. The van der Waals surface area contributed by atoms with E-state index in [-0.39, 0.29) is 12.1 Å². The Morgan fingerprint density at radius 1 is 1.10 bits per heavy atom. The van der Waals surface area contributed by atoms with Gasteiger partial charge in [0.15, 0.2) is 0 Å². The third kappa shape index (κ3) is 2.38. The molecular weight excluding hydrogens is 262 g/mol. The van der Waals surface area contributed by atoms with E-state index in [9.17, 15) is 0 Å². The van der Waals surface area contributed by atoms with Crippen LogP contribution in [0.2, 0.25) is 0 Å². The zero-order chi connectivity index (χ0) is 14.8. The molecule has 1 aromatic heterocycles. The SMILES string of the molecule is COc1ccccc1C(C(C)N)n1ncc2ccccc21. The van der Waals surface area contributed by atoms with Gasteiger partial charge in [0.25, 0.3) is 0 Å². The smallest absolute Gasteiger partial charge is 0.124 e. The van der Waals surface area contributed by atoms with Crippen LogP contribution in [0.25, 0.3) is 10.9 Å². The highest BCUT2D eigenvalue weighted by Crippen LogP contribution is 2.31. The van der Waals surface area contributed by atoms with Crippen molar-refractivity contribution in [3.05, 3.63) is 60.3 Å². The molecule has 0 saturated carbocycles. The minimum absolute atomic E-state index is 0.0685. The van der Waals surface area contributed by atoms with E-state index < -0.39 is 0 Å². The van der Waals surface area contributed by atoms with Crippen molar-refractivity contribution in [3.63, 3.8) is 0 Å². The number of methoxy groups -OCH3 is 1. The highest BCUT2D eigenvalue weighted by molar-refractivity contribution is 5.78. The maximum Gasteiger partial charge on any atom is 0.124 e. The molecule has 0 aliphatic rings. The van der Waals surface area contributed by atoms with E-state index in [2.05, 4.69) is 17.2 Å². The van der Waals surface area contributed by atoms with Gasteiger partial charge in [-0.1, -0.05) is 36.4 Å². The molecule has 0 aliphatic heterocycles. The zero-order valence-corrected chi connectivity index (χ0v) is 12.2. The van der Waals surface area contributed by atoms with Gasteiger partial charge in [0, 0.05) is 17.0 Å². The summed E-state index contributed by atoms with van der Waals surface area (Å²) in [5.41, 5.74) is 8.38. The number of ether oxygens (including phenoxy) is 1. The first-order valence-electron chi connectivity index (χ1n) is 7.03. The van der Waals surface area contributed by atoms with Gasteiger partial charge in [-0.2, -0.15) is 5.10 Å². The molecule has 1 heterocycles. The van der Waals surface area contributed by atoms with Crippen molar-refractivity contribution in [3.8, 4) is 5.75 Å². The summed E-state index contributed by atoms with van der Waals surface area (Å²) in [6, 6.07) is 15.9. The first-order valence-corrected chi connectivity index (χ1v) is 7.03. The Morgan fingerprint density at radius 2 is 1.81 bits per heavy atom. The van der Waals surface area contributed by atoms with Crippen LogP contribution in [0.15, 0.2) is 54.7 Å². The number of fused-ring (bicyclic) bond motifs is 1. The molecule has 0 fully saturated rings. The van der Waals surface area contributed by atoms with Gasteiger partial charge >= 0.3 is 0 Å². The number of hydrogen-bond acceptors (Lipinski definition) is 3. The predicted octanol–water partition coefficient (Wildman–Crippen LogP) is 2.98. The second-order valence-corrected chi connectivity index (χ2v) is 5.19. The van der Waals surface area contributed by atoms with Crippen molar-refractivity contribution in [2.45, 2.75) is 19.0 Å². The van der Waals surface area contributed by atoms with Crippen LogP contribution in [0.4, 0.5) is 0 Å². The van der Waals surface area contributed by atoms with Crippen LogP contribution in [0.3, 0.4) is 0 Å².